The topological polar surface area (TPSA) is 117 Å². The zero-order valence-electron chi connectivity index (χ0n) is 18.0. The van der Waals surface area contributed by atoms with Crippen LogP contribution in [-0.2, 0) is 16.1 Å². The number of rotatable bonds is 9. The van der Waals surface area contributed by atoms with Gasteiger partial charge in [-0.3, -0.25) is 9.69 Å². The molecule has 3 N–H and O–H groups in total. The minimum Gasteiger partial charge on any atom is -0.480 e. The predicted molar refractivity (Wildman–Crippen MR) is 121 cm³/mol. The first-order chi connectivity index (χ1) is 14.9. The molecule has 0 saturated carbocycles. The molecule has 1 aromatic carbocycles. The molecule has 0 radical (unpaired) electrons. The molecule has 0 fully saturated rings. The number of hydrogen-bond donors (Lipinski definition) is 3. The van der Waals surface area contributed by atoms with E-state index in [1.54, 1.807) is 18.7 Å². The molecule has 3 amide bonds. The van der Waals surface area contributed by atoms with Crippen LogP contribution in [0.5, 0.6) is 0 Å². The number of urea groups is 1. The lowest BCUT2D eigenvalue weighted by molar-refractivity contribution is -0.143. The molecule has 0 aliphatic carbocycles. The zero-order valence-corrected chi connectivity index (χ0v) is 18.8. The Hall–Kier alpha value is -2.75. The molecule has 2 aromatic rings. The molecule has 3 rings (SSSR count). The van der Waals surface area contributed by atoms with Gasteiger partial charge in [-0.05, 0) is 36.5 Å². The largest absolute Gasteiger partial charge is 0.480 e. The van der Waals surface area contributed by atoms with E-state index in [1.165, 1.54) is 4.90 Å². The van der Waals surface area contributed by atoms with Gasteiger partial charge in [0.25, 0.3) is 0 Å². The number of carboxylic acid groups (broad SMARTS) is 1. The summed E-state index contributed by atoms with van der Waals surface area (Å²) in [5.41, 5.74) is 1.77. The molecule has 1 aromatic heterocycles. The number of aliphatic carboxylic acids is 1. The number of nitrogens with one attached hydrogen (secondary N) is 2. The molecule has 0 unspecified atom stereocenters. The van der Waals surface area contributed by atoms with Crippen LogP contribution in [-0.4, -0.2) is 63.2 Å². The number of carboxylic acids is 1. The third-order valence-corrected chi connectivity index (χ3v) is 6.31. The SMILES string of the molecule is CC[C@@H](C)[C@H](NC(=O)[C@H](CCSC)NC(=O)N1CCn2c1nc1ccccc12)C(=O)O. The Bertz CT molecular complexity index is 962. The average molecular weight is 448 g/mol. The van der Waals surface area contributed by atoms with Crippen LogP contribution in [0.15, 0.2) is 24.3 Å². The number of hydrogen-bond acceptors (Lipinski definition) is 5. The molecule has 0 bridgehead atoms. The van der Waals surface area contributed by atoms with E-state index < -0.39 is 30.0 Å². The van der Waals surface area contributed by atoms with E-state index >= 15 is 0 Å². The molecule has 168 valence electrons. The number of para-hydroxylation sites is 2. The number of aromatic nitrogens is 2. The van der Waals surface area contributed by atoms with Crippen molar-refractivity contribution in [2.24, 2.45) is 5.92 Å². The van der Waals surface area contributed by atoms with Crippen LogP contribution in [0.1, 0.15) is 26.7 Å². The predicted octanol–water partition coefficient (Wildman–Crippen LogP) is 2.30. The fraction of sp³-hybridized carbons (Fsp3) is 0.524. The number of benzene rings is 1. The average Bonchev–Trinajstić information content (AvgIpc) is 3.33. The van der Waals surface area contributed by atoms with Crippen molar-refractivity contribution >= 4 is 46.7 Å². The van der Waals surface area contributed by atoms with Gasteiger partial charge in [0, 0.05) is 13.1 Å². The molecule has 1 aliphatic heterocycles. The van der Waals surface area contributed by atoms with Crippen molar-refractivity contribution in [1.82, 2.24) is 20.2 Å². The first kappa shape index (κ1) is 22.9. The van der Waals surface area contributed by atoms with Crippen molar-refractivity contribution in [2.75, 3.05) is 23.5 Å². The summed E-state index contributed by atoms with van der Waals surface area (Å²) in [6, 6.07) is 5.44. The summed E-state index contributed by atoms with van der Waals surface area (Å²) in [4.78, 5) is 43.6. The number of anilines is 1. The smallest absolute Gasteiger partial charge is 0.326 e. The van der Waals surface area contributed by atoms with Crippen molar-refractivity contribution < 1.29 is 19.5 Å². The van der Waals surface area contributed by atoms with Crippen molar-refractivity contribution in [2.45, 2.75) is 45.3 Å². The third-order valence-electron chi connectivity index (χ3n) is 5.67. The van der Waals surface area contributed by atoms with Crippen molar-refractivity contribution in [3.8, 4) is 0 Å². The summed E-state index contributed by atoms with van der Waals surface area (Å²) in [7, 11) is 0. The number of carbonyl (C=O) groups is 3. The van der Waals surface area contributed by atoms with Crippen LogP contribution in [0.25, 0.3) is 11.0 Å². The highest BCUT2D eigenvalue weighted by atomic mass is 32.2. The van der Waals surface area contributed by atoms with Gasteiger partial charge in [0.2, 0.25) is 11.9 Å². The fourth-order valence-corrected chi connectivity index (χ4v) is 4.12. The van der Waals surface area contributed by atoms with Crippen LogP contribution < -0.4 is 15.5 Å². The van der Waals surface area contributed by atoms with Crippen molar-refractivity contribution in [3.05, 3.63) is 24.3 Å². The summed E-state index contributed by atoms with van der Waals surface area (Å²) in [5.74, 6) is -0.589. The van der Waals surface area contributed by atoms with Gasteiger partial charge in [0.05, 0.1) is 11.0 Å². The van der Waals surface area contributed by atoms with Crippen LogP contribution in [0.4, 0.5) is 10.7 Å². The summed E-state index contributed by atoms with van der Waals surface area (Å²) in [6.07, 6.45) is 2.93. The summed E-state index contributed by atoms with van der Waals surface area (Å²) in [6.45, 7) is 4.74. The quantitative estimate of drug-likeness (QED) is 0.543. The first-order valence-electron chi connectivity index (χ1n) is 10.4. The van der Waals surface area contributed by atoms with E-state index in [4.69, 9.17) is 0 Å². The van der Waals surface area contributed by atoms with Crippen LogP contribution in [0.2, 0.25) is 0 Å². The molecule has 3 atom stereocenters. The molecule has 9 nitrogen and oxygen atoms in total. The van der Waals surface area contributed by atoms with Gasteiger partial charge in [0.15, 0.2) is 0 Å². The minimum atomic E-state index is -1.08. The van der Waals surface area contributed by atoms with Gasteiger partial charge in [-0.15, -0.1) is 0 Å². The second kappa shape index (κ2) is 10.0. The second-order valence-electron chi connectivity index (χ2n) is 7.70. The highest BCUT2D eigenvalue weighted by Gasteiger charge is 2.33. The highest BCUT2D eigenvalue weighted by molar-refractivity contribution is 7.98. The van der Waals surface area contributed by atoms with Gasteiger partial charge >= 0.3 is 12.0 Å². The lowest BCUT2D eigenvalue weighted by atomic mass is 9.99. The lowest BCUT2D eigenvalue weighted by Gasteiger charge is -2.25. The van der Waals surface area contributed by atoms with Gasteiger partial charge in [-0.1, -0.05) is 32.4 Å². The van der Waals surface area contributed by atoms with E-state index in [0.29, 0.717) is 37.6 Å². The Morgan fingerprint density at radius 1 is 1.23 bits per heavy atom. The first-order valence-corrected chi connectivity index (χ1v) is 11.8. The fourth-order valence-electron chi connectivity index (χ4n) is 3.65. The summed E-state index contributed by atoms with van der Waals surface area (Å²) >= 11 is 1.56. The van der Waals surface area contributed by atoms with E-state index in [1.807, 2.05) is 42.0 Å². The second-order valence-corrected chi connectivity index (χ2v) is 8.68. The zero-order chi connectivity index (χ0) is 22.5. The number of carbonyl (C=O) groups excluding carboxylic acids is 2. The van der Waals surface area contributed by atoms with E-state index in [0.717, 1.165) is 11.0 Å². The number of fused-ring (bicyclic) bond motifs is 3. The number of imidazole rings is 1. The number of thioether (sulfide) groups is 1. The van der Waals surface area contributed by atoms with E-state index in [9.17, 15) is 19.5 Å². The molecule has 2 heterocycles. The van der Waals surface area contributed by atoms with Crippen LogP contribution in [0, 0.1) is 5.92 Å². The molecule has 0 spiro atoms. The number of amides is 3. The number of nitrogens with zero attached hydrogens (tertiary/aromatic N) is 3. The third kappa shape index (κ3) is 4.95. The van der Waals surface area contributed by atoms with Crippen molar-refractivity contribution in [1.29, 1.82) is 0 Å². The molecular formula is C21H29N5O4S. The van der Waals surface area contributed by atoms with Gasteiger partial charge in [-0.25, -0.2) is 14.6 Å². The highest BCUT2D eigenvalue weighted by Crippen LogP contribution is 2.27. The Morgan fingerprint density at radius 2 is 1.97 bits per heavy atom. The minimum absolute atomic E-state index is 0.225. The van der Waals surface area contributed by atoms with Gasteiger partial charge < -0.3 is 20.3 Å². The Morgan fingerprint density at radius 3 is 2.65 bits per heavy atom. The molecule has 10 heteroatoms. The Balaban J connectivity index is 1.74. The van der Waals surface area contributed by atoms with Crippen molar-refractivity contribution in [3.63, 3.8) is 0 Å². The maximum Gasteiger partial charge on any atom is 0.326 e. The molecule has 0 saturated heterocycles. The normalized spacial score (nSPS) is 15.9. The summed E-state index contributed by atoms with van der Waals surface area (Å²) < 4.78 is 1.98. The van der Waals surface area contributed by atoms with Gasteiger partial charge in [0.1, 0.15) is 12.1 Å². The van der Waals surface area contributed by atoms with Crippen LogP contribution in [0.3, 0.4) is 0 Å². The Kier molecular flexibility index (Phi) is 7.42. The monoisotopic (exact) mass is 447 g/mol. The van der Waals surface area contributed by atoms with E-state index in [2.05, 4.69) is 15.6 Å². The molecule has 1 aliphatic rings. The van der Waals surface area contributed by atoms with Crippen LogP contribution >= 0.6 is 11.8 Å². The summed E-state index contributed by atoms with van der Waals surface area (Å²) in [5, 5.41) is 14.9. The maximum absolute atomic E-state index is 13.0. The van der Waals surface area contributed by atoms with E-state index in [-0.39, 0.29) is 5.92 Å². The standard InChI is InChI=1S/C21H29N5O4S/c1-4-13(2)17(19(28)29)24-18(27)15(9-12-31-3)23-21(30)26-11-10-25-16-8-6-5-7-14(16)22-20(25)26/h5-8,13,15,17H,4,9-12H2,1-3H3,(H,23,30)(H,24,27)(H,28,29)/t13-,15+,17+/m1/s1. The molecule has 31 heavy (non-hydrogen) atoms. The maximum atomic E-state index is 13.0. The molecular weight excluding hydrogens is 418 g/mol. The lowest BCUT2D eigenvalue weighted by Crippen LogP contribution is -2.55. The Labute approximate surface area is 185 Å². The van der Waals surface area contributed by atoms with Gasteiger partial charge in [-0.2, -0.15) is 11.8 Å².